The summed E-state index contributed by atoms with van der Waals surface area (Å²) >= 11 is 0. The van der Waals surface area contributed by atoms with Gasteiger partial charge in [0.1, 0.15) is 6.61 Å². The van der Waals surface area contributed by atoms with Crippen LogP contribution in [0, 0.1) is 0 Å². The maximum Gasteiger partial charge on any atom is 0.475 e. The van der Waals surface area contributed by atoms with Crippen molar-refractivity contribution >= 4 is 19.8 Å². The monoisotopic (exact) mass is 866 g/mol. The number of unbranched alkanes of at least 4 members (excludes halogenated alkanes) is 28. The highest BCUT2D eigenvalue weighted by Gasteiger charge is 2.30. The van der Waals surface area contributed by atoms with E-state index < -0.39 is 13.9 Å². The van der Waals surface area contributed by atoms with E-state index >= 15 is 0 Å². The molecule has 0 aliphatic heterocycles. The molecule has 0 saturated carbocycles. The molecular weight excluding hydrogens is 774 g/mol. The average molecular weight is 866 g/mol. The van der Waals surface area contributed by atoms with Crippen LogP contribution in [0.1, 0.15) is 225 Å². The first kappa shape index (κ1) is 56.2. The predicted octanol–water partition coefficient (Wildman–Crippen LogP) is 14.9. The smallest absolute Gasteiger partial charge is 0.462 e. The van der Waals surface area contributed by atoms with Crippen molar-refractivity contribution in [3.05, 3.63) is 35.9 Å². The second kappa shape index (κ2) is 41.3. The Labute approximate surface area is 369 Å². The number of hydrogen-bond donors (Lipinski definition) is 0. The fourth-order valence-electron chi connectivity index (χ4n) is 7.25. The van der Waals surface area contributed by atoms with Crippen molar-refractivity contribution in [2.24, 2.45) is 0 Å². The van der Waals surface area contributed by atoms with Gasteiger partial charge >= 0.3 is 19.8 Å². The predicted molar refractivity (Wildman–Crippen MR) is 249 cm³/mol. The number of nitrogens with zero attached hydrogens (tertiary/aromatic N) is 1. The topological polar surface area (TPSA) is 101 Å². The van der Waals surface area contributed by atoms with Crippen molar-refractivity contribution in [2.45, 2.75) is 232 Å². The van der Waals surface area contributed by atoms with E-state index in [4.69, 9.17) is 23.0 Å². The molecule has 0 fully saturated rings. The van der Waals surface area contributed by atoms with Gasteiger partial charge in [-0.05, 0) is 32.5 Å². The second-order valence-electron chi connectivity index (χ2n) is 17.3. The van der Waals surface area contributed by atoms with Crippen molar-refractivity contribution in [1.82, 2.24) is 4.90 Å². The zero-order chi connectivity index (χ0) is 43.6. The Morgan fingerprint density at radius 1 is 0.517 bits per heavy atom. The standard InChI is InChI=1S/C50H92NO8P/c1-5-7-9-11-13-15-17-19-21-23-25-27-29-31-36-40-49(52)55-45-48(46-58-60(54,56-43-42-51(3)4)57-44-47-38-34-33-35-39-47)59-50(53)41-37-32-30-28-26-24-22-20-18-16-14-12-10-8-6-2/h33-35,38-39,48H,5-32,36-37,40-46H2,1-4H3/t48-,60?/m1/s1. The SMILES string of the molecule is CCCCCCCCCCCCCCCCCC(=O)OC[C@H](COP(=O)(OCCN(C)C)OCc1ccccc1)OC(=O)CCCCCCCCCCCCCCCCC. The molecule has 0 saturated heterocycles. The largest absolute Gasteiger partial charge is 0.475 e. The van der Waals surface area contributed by atoms with Crippen molar-refractivity contribution < 1.29 is 37.2 Å². The molecular formula is C50H92NO8P. The molecule has 1 aromatic rings. The highest BCUT2D eigenvalue weighted by Crippen LogP contribution is 2.50. The Hall–Kier alpha value is -1.77. The van der Waals surface area contributed by atoms with E-state index in [1.54, 1.807) is 0 Å². The quantitative estimate of drug-likeness (QED) is 0.0360. The van der Waals surface area contributed by atoms with E-state index in [0.29, 0.717) is 13.0 Å². The Morgan fingerprint density at radius 2 is 0.917 bits per heavy atom. The van der Waals surface area contributed by atoms with Crippen LogP contribution in [0.25, 0.3) is 0 Å². The number of likely N-dealkylation sites (N-methyl/N-ethyl adjacent to an activating group) is 1. The molecule has 0 N–H and O–H groups in total. The maximum atomic E-state index is 13.8. The van der Waals surface area contributed by atoms with Crippen LogP contribution in [0.3, 0.4) is 0 Å². The molecule has 60 heavy (non-hydrogen) atoms. The number of rotatable bonds is 45. The van der Waals surface area contributed by atoms with Crippen LogP contribution in [-0.4, -0.2) is 63.4 Å². The van der Waals surface area contributed by atoms with E-state index in [2.05, 4.69) is 13.8 Å². The molecule has 0 amide bonds. The van der Waals surface area contributed by atoms with Gasteiger partial charge < -0.3 is 14.4 Å². The van der Waals surface area contributed by atoms with E-state index in [0.717, 1.165) is 44.1 Å². The second-order valence-corrected chi connectivity index (χ2v) is 19.0. The Bertz CT molecular complexity index is 1150. The van der Waals surface area contributed by atoms with Gasteiger partial charge in [-0.25, -0.2) is 4.57 Å². The fourth-order valence-corrected chi connectivity index (χ4v) is 8.43. The molecule has 0 aliphatic carbocycles. The average Bonchev–Trinajstić information content (AvgIpc) is 3.24. The molecule has 10 heteroatoms. The van der Waals surface area contributed by atoms with E-state index in [1.807, 2.05) is 49.3 Å². The van der Waals surface area contributed by atoms with Gasteiger partial charge in [-0.3, -0.25) is 23.2 Å². The summed E-state index contributed by atoms with van der Waals surface area (Å²) < 4.78 is 42.3. The van der Waals surface area contributed by atoms with Gasteiger partial charge in [0.15, 0.2) is 6.10 Å². The van der Waals surface area contributed by atoms with Crippen LogP contribution in [0.15, 0.2) is 30.3 Å². The summed E-state index contributed by atoms with van der Waals surface area (Å²) in [4.78, 5) is 27.6. The van der Waals surface area contributed by atoms with Crippen LogP contribution < -0.4 is 0 Å². The molecule has 350 valence electrons. The minimum absolute atomic E-state index is 0.0258. The normalized spacial score (nSPS) is 13.1. The first-order chi connectivity index (χ1) is 29.3. The molecule has 1 unspecified atom stereocenters. The summed E-state index contributed by atoms with van der Waals surface area (Å²) in [7, 11) is -0.263. The van der Waals surface area contributed by atoms with Crippen molar-refractivity contribution in [2.75, 3.05) is 40.5 Å². The van der Waals surface area contributed by atoms with Crippen LogP contribution >= 0.6 is 7.82 Å². The first-order valence-electron chi connectivity index (χ1n) is 24.8. The van der Waals surface area contributed by atoms with Crippen molar-refractivity contribution in [3.8, 4) is 0 Å². The molecule has 9 nitrogen and oxygen atoms in total. The third kappa shape index (κ3) is 36.8. The third-order valence-electron chi connectivity index (χ3n) is 11.1. The molecule has 0 heterocycles. The van der Waals surface area contributed by atoms with Crippen LogP contribution in [0.4, 0.5) is 0 Å². The van der Waals surface area contributed by atoms with Crippen molar-refractivity contribution in [1.29, 1.82) is 0 Å². The van der Waals surface area contributed by atoms with Gasteiger partial charge in [-0.2, -0.15) is 0 Å². The Morgan fingerprint density at radius 3 is 1.33 bits per heavy atom. The van der Waals surface area contributed by atoms with Gasteiger partial charge in [0.25, 0.3) is 0 Å². The number of phosphoric ester groups is 1. The summed E-state index contributed by atoms with van der Waals surface area (Å²) in [6.07, 6.45) is 37.3. The molecule has 1 rings (SSSR count). The number of carbonyl (C=O) groups excluding carboxylic acids is 2. The first-order valence-corrected chi connectivity index (χ1v) is 26.3. The molecule has 0 bridgehead atoms. The van der Waals surface area contributed by atoms with Crippen LogP contribution in [0.5, 0.6) is 0 Å². The van der Waals surface area contributed by atoms with Gasteiger partial charge in [-0.1, -0.05) is 224 Å². The fraction of sp³-hybridized carbons (Fsp3) is 0.840. The number of esters is 2. The Balaban J connectivity index is 2.48. The van der Waals surface area contributed by atoms with Crippen LogP contribution in [0.2, 0.25) is 0 Å². The summed E-state index contributed by atoms with van der Waals surface area (Å²) in [5.74, 6) is -0.718. The Kier molecular flexibility index (Phi) is 38.7. The van der Waals surface area contributed by atoms with E-state index in [-0.39, 0.29) is 44.8 Å². The number of phosphoric acid groups is 1. The highest BCUT2D eigenvalue weighted by atomic mass is 31.2. The van der Waals surface area contributed by atoms with E-state index in [1.165, 1.54) is 154 Å². The lowest BCUT2D eigenvalue weighted by Crippen LogP contribution is -2.30. The van der Waals surface area contributed by atoms with Crippen molar-refractivity contribution in [3.63, 3.8) is 0 Å². The number of ether oxygens (including phenoxy) is 2. The lowest BCUT2D eigenvalue weighted by Gasteiger charge is -2.23. The minimum Gasteiger partial charge on any atom is -0.462 e. The summed E-state index contributed by atoms with van der Waals surface area (Å²) in [5.41, 5.74) is 0.816. The number of benzene rings is 1. The highest BCUT2D eigenvalue weighted by molar-refractivity contribution is 7.48. The molecule has 0 radical (unpaired) electrons. The third-order valence-corrected chi connectivity index (χ3v) is 12.5. The van der Waals surface area contributed by atoms with E-state index in [9.17, 15) is 14.2 Å². The summed E-state index contributed by atoms with van der Waals surface area (Å²) in [6, 6.07) is 9.38. The lowest BCUT2D eigenvalue weighted by molar-refractivity contribution is -0.161. The van der Waals surface area contributed by atoms with Crippen LogP contribution in [-0.2, 0) is 43.8 Å². The molecule has 1 aromatic carbocycles. The minimum atomic E-state index is -4.04. The molecule has 0 aromatic heterocycles. The molecule has 2 atom stereocenters. The molecule has 0 spiro atoms. The lowest BCUT2D eigenvalue weighted by atomic mass is 10.0. The number of carbonyl (C=O) groups is 2. The zero-order valence-corrected chi connectivity index (χ0v) is 40.2. The summed E-state index contributed by atoms with van der Waals surface area (Å²) in [6.45, 7) is 4.72. The van der Waals surface area contributed by atoms with Gasteiger partial charge in [-0.15, -0.1) is 0 Å². The number of hydrogen-bond acceptors (Lipinski definition) is 9. The van der Waals surface area contributed by atoms with Gasteiger partial charge in [0, 0.05) is 19.4 Å². The molecule has 0 aliphatic rings. The van der Waals surface area contributed by atoms with Gasteiger partial charge in [0.2, 0.25) is 0 Å². The van der Waals surface area contributed by atoms with Gasteiger partial charge in [0.05, 0.1) is 19.8 Å². The summed E-state index contributed by atoms with van der Waals surface area (Å²) in [5, 5.41) is 0. The maximum absolute atomic E-state index is 13.8. The zero-order valence-electron chi connectivity index (χ0n) is 39.3.